The monoisotopic (exact) mass is 438 g/mol. The first-order valence-corrected chi connectivity index (χ1v) is 10.5. The van der Waals surface area contributed by atoms with Crippen LogP contribution < -0.4 is 0 Å². The predicted octanol–water partition coefficient (Wildman–Crippen LogP) is -0.913. The highest BCUT2D eigenvalue weighted by atomic mass is 16.4. The van der Waals surface area contributed by atoms with Crippen LogP contribution in [0.15, 0.2) is 12.2 Å². The lowest BCUT2D eigenvalue weighted by Crippen LogP contribution is -2.41. The second kappa shape index (κ2) is 12.2. The Labute approximate surface area is 180 Å². The third kappa shape index (κ3) is 8.46. The predicted molar refractivity (Wildman–Crippen MR) is 109 cm³/mol. The number of imide groups is 1. The molecule has 2 rings (SSSR count). The molecule has 2 aliphatic heterocycles. The average molecular weight is 438 g/mol. The van der Waals surface area contributed by atoms with Crippen molar-refractivity contribution >= 4 is 29.7 Å². The fraction of sp³-hybridized carbons (Fsp3) is 0.650. The van der Waals surface area contributed by atoms with Crippen molar-refractivity contribution < 1.29 is 34.2 Å². The van der Waals surface area contributed by atoms with Gasteiger partial charge in [-0.1, -0.05) is 6.42 Å². The van der Waals surface area contributed by atoms with Gasteiger partial charge in [0.15, 0.2) is 0 Å². The molecule has 2 heterocycles. The number of nitrogens with zero attached hydrogens (tertiary/aromatic N) is 4. The van der Waals surface area contributed by atoms with E-state index in [1.54, 1.807) is 14.7 Å². The highest BCUT2D eigenvalue weighted by Crippen LogP contribution is 2.10. The Bertz CT molecular complexity index is 678. The van der Waals surface area contributed by atoms with Gasteiger partial charge in [-0.3, -0.25) is 38.7 Å². The molecule has 11 heteroatoms. The molecule has 0 spiro atoms. The van der Waals surface area contributed by atoms with Crippen molar-refractivity contribution in [3.63, 3.8) is 0 Å². The first-order valence-electron chi connectivity index (χ1n) is 10.5. The van der Waals surface area contributed by atoms with Gasteiger partial charge in [0.05, 0.1) is 13.1 Å². The summed E-state index contributed by atoms with van der Waals surface area (Å²) in [4.78, 5) is 64.1. The number of hydrogen-bond donors (Lipinski definition) is 2. The number of hydrogen-bond acceptors (Lipinski definition) is 7. The van der Waals surface area contributed by atoms with Crippen LogP contribution in [0.25, 0.3) is 0 Å². The van der Waals surface area contributed by atoms with Crippen LogP contribution in [0.4, 0.5) is 0 Å². The molecule has 0 saturated carbocycles. The molecule has 0 unspecified atom stereocenters. The van der Waals surface area contributed by atoms with Crippen LogP contribution >= 0.6 is 0 Å². The van der Waals surface area contributed by atoms with Gasteiger partial charge in [-0.15, -0.1) is 0 Å². The summed E-state index contributed by atoms with van der Waals surface area (Å²) in [6.07, 6.45) is 4.71. The lowest BCUT2D eigenvalue weighted by molar-refractivity contribution is -0.140. The molecule has 1 fully saturated rings. The van der Waals surface area contributed by atoms with Crippen LogP contribution in [0.2, 0.25) is 0 Å². The van der Waals surface area contributed by atoms with Crippen molar-refractivity contribution in [3.8, 4) is 0 Å². The summed E-state index contributed by atoms with van der Waals surface area (Å²) in [7, 11) is 0. The maximum Gasteiger partial charge on any atom is 0.317 e. The van der Waals surface area contributed by atoms with Crippen LogP contribution in [0.3, 0.4) is 0 Å². The molecule has 11 nitrogen and oxygen atoms in total. The number of carboxylic acid groups (broad SMARTS) is 2. The molecule has 0 radical (unpaired) electrons. The third-order valence-corrected chi connectivity index (χ3v) is 5.35. The summed E-state index contributed by atoms with van der Waals surface area (Å²) in [5, 5.41) is 18.2. The van der Waals surface area contributed by atoms with Crippen molar-refractivity contribution in [1.82, 2.24) is 19.6 Å². The molecule has 3 amide bonds. The van der Waals surface area contributed by atoms with Crippen LogP contribution in [-0.4, -0.2) is 118 Å². The third-order valence-electron chi connectivity index (χ3n) is 5.35. The minimum absolute atomic E-state index is 0.0672. The van der Waals surface area contributed by atoms with E-state index in [1.807, 2.05) is 0 Å². The molecule has 2 N–H and O–H groups in total. The molecule has 0 bridgehead atoms. The van der Waals surface area contributed by atoms with E-state index in [2.05, 4.69) is 0 Å². The fourth-order valence-electron chi connectivity index (χ4n) is 3.62. The second-order valence-corrected chi connectivity index (χ2v) is 7.69. The molecule has 0 aromatic rings. The zero-order valence-corrected chi connectivity index (χ0v) is 17.6. The number of unbranched alkanes of at least 4 members (excludes halogenated alkanes) is 2. The maximum absolute atomic E-state index is 12.7. The van der Waals surface area contributed by atoms with E-state index in [-0.39, 0.29) is 30.8 Å². The van der Waals surface area contributed by atoms with E-state index in [0.29, 0.717) is 71.5 Å². The SMILES string of the molecule is O=C(O)CN1CCN(CC(=O)O)CCN(C(=O)CCCCCN2C(=O)C=CC2=O)CC1. The van der Waals surface area contributed by atoms with Gasteiger partial charge in [0, 0.05) is 64.4 Å². The van der Waals surface area contributed by atoms with E-state index in [1.165, 1.54) is 17.1 Å². The first kappa shape index (κ1) is 24.5. The summed E-state index contributed by atoms with van der Waals surface area (Å²) in [5.74, 6) is -2.62. The summed E-state index contributed by atoms with van der Waals surface area (Å²) in [5.41, 5.74) is 0. The van der Waals surface area contributed by atoms with Crippen LogP contribution in [0.1, 0.15) is 25.7 Å². The van der Waals surface area contributed by atoms with Crippen molar-refractivity contribution in [2.24, 2.45) is 0 Å². The first-order chi connectivity index (χ1) is 14.8. The van der Waals surface area contributed by atoms with E-state index >= 15 is 0 Å². The molecular weight excluding hydrogens is 408 g/mol. The number of amides is 3. The zero-order valence-electron chi connectivity index (χ0n) is 17.6. The number of rotatable bonds is 10. The lowest BCUT2D eigenvalue weighted by atomic mass is 10.1. The molecule has 1 saturated heterocycles. The Kier molecular flexibility index (Phi) is 9.60. The van der Waals surface area contributed by atoms with Crippen molar-refractivity contribution in [2.75, 3.05) is 58.9 Å². The van der Waals surface area contributed by atoms with E-state index in [4.69, 9.17) is 10.2 Å². The van der Waals surface area contributed by atoms with Gasteiger partial charge >= 0.3 is 11.9 Å². The standard InChI is InChI=1S/C20H30N4O7/c25-16(4-2-1-3-7-24-17(26)5-6-18(24)27)23-12-10-21(14-19(28)29)8-9-22(11-13-23)15-20(30)31/h5-6H,1-4,7-15H2,(H,28,29)(H,30,31). The van der Waals surface area contributed by atoms with Gasteiger partial charge < -0.3 is 15.1 Å². The Morgan fingerprint density at radius 1 is 0.742 bits per heavy atom. The zero-order chi connectivity index (χ0) is 22.8. The Balaban J connectivity index is 1.81. The van der Waals surface area contributed by atoms with E-state index in [0.717, 1.165) is 0 Å². The van der Waals surface area contributed by atoms with Crippen LogP contribution in [0, 0.1) is 0 Å². The number of carbonyl (C=O) groups is 5. The minimum Gasteiger partial charge on any atom is -0.480 e. The summed E-state index contributed by atoms with van der Waals surface area (Å²) < 4.78 is 0. The number of carbonyl (C=O) groups excluding carboxylic acids is 3. The lowest BCUT2D eigenvalue weighted by Gasteiger charge is -2.25. The van der Waals surface area contributed by atoms with Crippen LogP contribution in [-0.2, 0) is 24.0 Å². The van der Waals surface area contributed by atoms with E-state index < -0.39 is 11.9 Å². The summed E-state index contributed by atoms with van der Waals surface area (Å²) >= 11 is 0. The van der Waals surface area contributed by atoms with Crippen molar-refractivity contribution in [1.29, 1.82) is 0 Å². The highest BCUT2D eigenvalue weighted by Gasteiger charge is 2.23. The topological polar surface area (TPSA) is 139 Å². The Hall–Kier alpha value is -2.79. The van der Waals surface area contributed by atoms with Crippen molar-refractivity contribution in [3.05, 3.63) is 12.2 Å². The molecule has 0 aromatic carbocycles. The Morgan fingerprint density at radius 3 is 1.71 bits per heavy atom. The van der Waals surface area contributed by atoms with Gasteiger partial charge in [-0.05, 0) is 12.8 Å². The average Bonchev–Trinajstić information content (AvgIpc) is 3.05. The van der Waals surface area contributed by atoms with E-state index in [9.17, 15) is 24.0 Å². The minimum atomic E-state index is -0.966. The number of aliphatic carboxylic acids is 2. The normalized spacial score (nSPS) is 18.7. The molecule has 0 aliphatic carbocycles. The summed E-state index contributed by atoms with van der Waals surface area (Å²) in [6, 6.07) is 0. The molecule has 0 aromatic heterocycles. The molecule has 31 heavy (non-hydrogen) atoms. The Morgan fingerprint density at radius 2 is 1.23 bits per heavy atom. The molecular formula is C20H30N4O7. The van der Waals surface area contributed by atoms with Gasteiger partial charge in [-0.2, -0.15) is 0 Å². The largest absolute Gasteiger partial charge is 0.480 e. The fourth-order valence-corrected chi connectivity index (χ4v) is 3.62. The quantitative estimate of drug-likeness (QED) is 0.328. The van der Waals surface area contributed by atoms with Gasteiger partial charge in [0.2, 0.25) is 5.91 Å². The maximum atomic E-state index is 12.7. The molecule has 2 aliphatic rings. The highest BCUT2D eigenvalue weighted by molar-refractivity contribution is 6.12. The smallest absolute Gasteiger partial charge is 0.317 e. The van der Waals surface area contributed by atoms with Gasteiger partial charge in [0.25, 0.3) is 11.8 Å². The number of carboxylic acids is 2. The second-order valence-electron chi connectivity index (χ2n) is 7.69. The summed E-state index contributed by atoms with van der Waals surface area (Å²) in [6.45, 7) is 2.43. The van der Waals surface area contributed by atoms with Gasteiger partial charge in [0.1, 0.15) is 0 Å². The van der Waals surface area contributed by atoms with Crippen molar-refractivity contribution in [2.45, 2.75) is 25.7 Å². The molecule has 0 atom stereocenters. The van der Waals surface area contributed by atoms with Crippen LogP contribution in [0.5, 0.6) is 0 Å². The molecule has 172 valence electrons. The van der Waals surface area contributed by atoms with Gasteiger partial charge in [-0.25, -0.2) is 0 Å².